The van der Waals surface area contributed by atoms with Gasteiger partial charge in [-0.05, 0) is 25.3 Å². The van der Waals surface area contributed by atoms with Crippen molar-refractivity contribution in [3.05, 3.63) is 36.2 Å². The van der Waals surface area contributed by atoms with E-state index in [9.17, 15) is 4.79 Å². The fourth-order valence-electron chi connectivity index (χ4n) is 3.51. The summed E-state index contributed by atoms with van der Waals surface area (Å²) in [6.07, 6.45) is 9.33. The molecular formula is C21H32N6O3. The van der Waals surface area contributed by atoms with E-state index in [-0.39, 0.29) is 24.3 Å². The van der Waals surface area contributed by atoms with Crippen LogP contribution >= 0.6 is 0 Å². The molecule has 1 amide bonds. The summed E-state index contributed by atoms with van der Waals surface area (Å²) >= 11 is 0. The molecular weight excluding hydrogens is 384 g/mol. The van der Waals surface area contributed by atoms with Crippen molar-refractivity contribution in [2.24, 2.45) is 0 Å². The molecule has 1 N–H and O–H groups in total. The van der Waals surface area contributed by atoms with Crippen LogP contribution in [0.3, 0.4) is 0 Å². The Morgan fingerprint density at radius 1 is 1.13 bits per heavy atom. The number of aryl methyl sites for hydroxylation is 1. The zero-order valence-electron chi connectivity index (χ0n) is 18.2. The molecule has 3 heterocycles. The quantitative estimate of drug-likeness (QED) is 0.746. The summed E-state index contributed by atoms with van der Waals surface area (Å²) in [5.41, 5.74) is 1.14. The van der Waals surface area contributed by atoms with Gasteiger partial charge in [0.05, 0.1) is 0 Å². The van der Waals surface area contributed by atoms with Crippen LogP contribution < -0.4 is 4.90 Å². The summed E-state index contributed by atoms with van der Waals surface area (Å²) in [5.74, 6) is 2.15. The van der Waals surface area contributed by atoms with Crippen molar-refractivity contribution in [2.75, 3.05) is 31.1 Å². The lowest BCUT2D eigenvalue weighted by atomic mass is 10.2. The van der Waals surface area contributed by atoms with E-state index >= 15 is 0 Å². The molecule has 1 aliphatic rings. The molecule has 0 saturated carbocycles. The third kappa shape index (κ3) is 5.77. The van der Waals surface area contributed by atoms with Crippen LogP contribution in [0.1, 0.15) is 57.5 Å². The second kappa shape index (κ2) is 11.3. The fraction of sp³-hybridized carbons (Fsp3) is 0.571. The van der Waals surface area contributed by atoms with Crippen molar-refractivity contribution in [3.8, 4) is 0 Å². The summed E-state index contributed by atoms with van der Waals surface area (Å²) in [4.78, 5) is 39.0. The van der Waals surface area contributed by atoms with Gasteiger partial charge in [0, 0.05) is 56.9 Å². The summed E-state index contributed by atoms with van der Waals surface area (Å²) in [6, 6.07) is -0.239. The first-order valence-electron chi connectivity index (χ1n) is 10.4. The maximum Gasteiger partial charge on any atom is 0.290 e. The molecule has 1 aliphatic heterocycles. The molecule has 0 spiro atoms. The third-order valence-electron chi connectivity index (χ3n) is 5.18. The summed E-state index contributed by atoms with van der Waals surface area (Å²) in [7, 11) is 0. The van der Waals surface area contributed by atoms with Crippen LogP contribution in [0.2, 0.25) is 0 Å². The van der Waals surface area contributed by atoms with Gasteiger partial charge in [-0.1, -0.05) is 20.8 Å². The Hall–Kier alpha value is -2.97. The van der Waals surface area contributed by atoms with Crippen LogP contribution in [0.5, 0.6) is 0 Å². The number of carbonyl (C=O) groups excluding carboxylic acids is 1. The second-order valence-corrected chi connectivity index (χ2v) is 7.54. The standard InChI is InChI=1S/C20H30N6O.CH2O2/c1-5-17-13-22-20(23-14-17)25-9-6-8-24(11-12-25)19(27)16(4)26-10-7-21-18(26)15(2)3;2-1-3/h7,10,13-16H,5-6,8-9,11-12H2,1-4H3;1H,(H,2,3). The van der Waals surface area contributed by atoms with Gasteiger partial charge in [-0.3, -0.25) is 9.59 Å². The number of nitrogens with zero attached hydrogens (tertiary/aromatic N) is 6. The minimum Gasteiger partial charge on any atom is -0.483 e. The van der Waals surface area contributed by atoms with Gasteiger partial charge < -0.3 is 19.5 Å². The fourth-order valence-corrected chi connectivity index (χ4v) is 3.51. The largest absolute Gasteiger partial charge is 0.483 e. The second-order valence-electron chi connectivity index (χ2n) is 7.54. The van der Waals surface area contributed by atoms with Crippen molar-refractivity contribution in [2.45, 2.75) is 52.5 Å². The molecule has 2 aromatic rings. The Morgan fingerprint density at radius 2 is 1.80 bits per heavy atom. The number of carboxylic acid groups (broad SMARTS) is 1. The lowest BCUT2D eigenvalue weighted by molar-refractivity contribution is -0.134. The number of hydrogen-bond donors (Lipinski definition) is 1. The average Bonchev–Trinajstić information content (AvgIpc) is 3.12. The first-order chi connectivity index (χ1) is 14.4. The van der Waals surface area contributed by atoms with Gasteiger partial charge in [0.15, 0.2) is 0 Å². The van der Waals surface area contributed by atoms with E-state index in [0.29, 0.717) is 6.54 Å². The smallest absolute Gasteiger partial charge is 0.290 e. The van der Waals surface area contributed by atoms with E-state index in [1.807, 2.05) is 35.0 Å². The Labute approximate surface area is 177 Å². The Balaban J connectivity index is 0.00000101. The Kier molecular flexibility index (Phi) is 8.76. The molecule has 1 fully saturated rings. The first kappa shape index (κ1) is 23.3. The van der Waals surface area contributed by atoms with Gasteiger partial charge in [-0.2, -0.15) is 0 Å². The molecule has 0 aromatic carbocycles. The molecule has 0 bridgehead atoms. The molecule has 9 heteroatoms. The highest BCUT2D eigenvalue weighted by atomic mass is 16.3. The lowest BCUT2D eigenvalue weighted by Crippen LogP contribution is -2.39. The van der Waals surface area contributed by atoms with Crippen LogP contribution in [-0.2, 0) is 16.0 Å². The number of imidazole rings is 1. The predicted octanol–water partition coefficient (Wildman–Crippen LogP) is 2.36. The molecule has 164 valence electrons. The zero-order chi connectivity index (χ0) is 22.1. The molecule has 1 unspecified atom stereocenters. The molecule has 0 radical (unpaired) electrons. The minimum absolute atomic E-state index is 0.152. The molecule has 9 nitrogen and oxygen atoms in total. The highest BCUT2D eigenvalue weighted by Gasteiger charge is 2.26. The van der Waals surface area contributed by atoms with Crippen LogP contribution in [0.25, 0.3) is 0 Å². The van der Waals surface area contributed by atoms with Gasteiger partial charge in [0.2, 0.25) is 11.9 Å². The molecule has 2 aromatic heterocycles. The maximum absolute atomic E-state index is 13.1. The van der Waals surface area contributed by atoms with E-state index in [0.717, 1.165) is 49.8 Å². The van der Waals surface area contributed by atoms with Crippen molar-refractivity contribution >= 4 is 18.3 Å². The summed E-state index contributed by atoms with van der Waals surface area (Å²) in [5, 5.41) is 6.89. The van der Waals surface area contributed by atoms with Gasteiger partial charge in [0.1, 0.15) is 11.9 Å². The SMILES string of the molecule is CCc1cnc(N2CCCN(C(=O)C(C)n3ccnc3C(C)C)CC2)nc1.O=CO. The number of carbonyl (C=O) groups is 2. The van der Waals surface area contributed by atoms with Crippen LogP contribution in [0.4, 0.5) is 5.95 Å². The first-order valence-corrected chi connectivity index (χ1v) is 10.4. The topological polar surface area (TPSA) is 104 Å². The normalized spacial score (nSPS) is 15.2. The Bertz CT molecular complexity index is 805. The molecule has 1 saturated heterocycles. The van der Waals surface area contributed by atoms with Gasteiger partial charge in [-0.15, -0.1) is 0 Å². The number of hydrogen-bond acceptors (Lipinski definition) is 6. The average molecular weight is 417 g/mol. The minimum atomic E-state index is -0.250. The molecule has 30 heavy (non-hydrogen) atoms. The van der Waals surface area contributed by atoms with E-state index in [1.165, 1.54) is 0 Å². The van der Waals surface area contributed by atoms with Crippen molar-refractivity contribution < 1.29 is 14.7 Å². The Morgan fingerprint density at radius 3 is 2.40 bits per heavy atom. The third-order valence-corrected chi connectivity index (χ3v) is 5.18. The number of amides is 1. The summed E-state index contributed by atoms with van der Waals surface area (Å²) < 4.78 is 2.00. The van der Waals surface area contributed by atoms with Crippen LogP contribution in [0.15, 0.2) is 24.8 Å². The molecule has 1 atom stereocenters. The highest BCUT2D eigenvalue weighted by Crippen LogP contribution is 2.20. The predicted molar refractivity (Wildman–Crippen MR) is 115 cm³/mol. The van der Waals surface area contributed by atoms with Crippen molar-refractivity contribution in [1.29, 1.82) is 0 Å². The van der Waals surface area contributed by atoms with Crippen LogP contribution in [0, 0.1) is 0 Å². The zero-order valence-corrected chi connectivity index (χ0v) is 18.2. The van der Waals surface area contributed by atoms with Gasteiger partial charge in [-0.25, -0.2) is 15.0 Å². The highest BCUT2D eigenvalue weighted by molar-refractivity contribution is 5.80. The number of rotatable bonds is 5. The maximum atomic E-state index is 13.1. The number of anilines is 1. The summed E-state index contributed by atoms with van der Waals surface area (Å²) in [6.45, 7) is 11.1. The monoisotopic (exact) mass is 416 g/mol. The van der Waals surface area contributed by atoms with Crippen molar-refractivity contribution in [3.63, 3.8) is 0 Å². The molecule has 3 rings (SSSR count). The van der Waals surface area contributed by atoms with Gasteiger partial charge in [0.25, 0.3) is 6.47 Å². The van der Waals surface area contributed by atoms with Gasteiger partial charge >= 0.3 is 0 Å². The van der Waals surface area contributed by atoms with E-state index in [2.05, 4.69) is 40.6 Å². The van der Waals surface area contributed by atoms with E-state index < -0.39 is 0 Å². The van der Waals surface area contributed by atoms with E-state index in [4.69, 9.17) is 9.90 Å². The van der Waals surface area contributed by atoms with Crippen LogP contribution in [-0.4, -0.2) is 68.1 Å². The van der Waals surface area contributed by atoms with Crippen molar-refractivity contribution in [1.82, 2.24) is 24.4 Å². The number of aromatic nitrogens is 4. The van der Waals surface area contributed by atoms with E-state index in [1.54, 1.807) is 6.20 Å². The molecule has 0 aliphatic carbocycles. The lowest BCUT2D eigenvalue weighted by Gasteiger charge is -2.26.